The van der Waals surface area contributed by atoms with Crippen LogP contribution >= 0.6 is 0 Å². The van der Waals surface area contributed by atoms with E-state index in [0.29, 0.717) is 5.92 Å². The molecule has 2 rings (SSSR count). The van der Waals surface area contributed by atoms with Crippen molar-refractivity contribution in [3.8, 4) is 0 Å². The minimum Gasteiger partial charge on any atom is -0.481 e. The molecular weight excluding hydrogens is 242 g/mol. The number of aryl methyl sites for hydroxylation is 1. The molecule has 3 unspecified atom stereocenters. The van der Waals surface area contributed by atoms with E-state index in [1.807, 2.05) is 13.2 Å². The van der Waals surface area contributed by atoms with Gasteiger partial charge < -0.3 is 5.11 Å². The number of carbonyl (C=O) groups is 1. The topological polar surface area (TPSA) is 68.0 Å². The standard InChI is InChI=1S/C14H23N3O2/c1-3-4-10-5-6-13(14(18)19)11(7-10)8-12-9-17(2)16-15-12/h9-11,13H,3-8H2,1-2H3,(H,18,19). The Bertz CT molecular complexity index is 430. The molecule has 3 atom stereocenters. The third-order valence-electron chi connectivity index (χ3n) is 4.23. The van der Waals surface area contributed by atoms with Gasteiger partial charge in [0.05, 0.1) is 11.6 Å². The van der Waals surface area contributed by atoms with E-state index >= 15 is 0 Å². The lowest BCUT2D eigenvalue weighted by atomic mass is 9.71. The van der Waals surface area contributed by atoms with Crippen molar-refractivity contribution in [2.45, 2.75) is 45.4 Å². The number of nitrogens with zero attached hydrogens (tertiary/aromatic N) is 3. The Hall–Kier alpha value is -1.39. The van der Waals surface area contributed by atoms with Gasteiger partial charge in [0, 0.05) is 13.2 Å². The summed E-state index contributed by atoms with van der Waals surface area (Å²) in [6.07, 6.45) is 7.91. The molecule has 1 aromatic rings. The minimum atomic E-state index is -0.649. The van der Waals surface area contributed by atoms with Crippen LogP contribution < -0.4 is 0 Å². The van der Waals surface area contributed by atoms with Crippen LogP contribution in [0, 0.1) is 17.8 Å². The van der Waals surface area contributed by atoms with Crippen molar-refractivity contribution < 1.29 is 9.90 Å². The molecule has 0 spiro atoms. The first-order valence-electron chi connectivity index (χ1n) is 7.18. The normalized spacial score (nSPS) is 27.4. The van der Waals surface area contributed by atoms with Crippen molar-refractivity contribution in [3.63, 3.8) is 0 Å². The average molecular weight is 265 g/mol. The van der Waals surface area contributed by atoms with Crippen LogP contribution in [0.5, 0.6) is 0 Å². The van der Waals surface area contributed by atoms with E-state index in [0.717, 1.165) is 31.4 Å². The lowest BCUT2D eigenvalue weighted by Crippen LogP contribution is -2.32. The molecule has 1 aliphatic rings. The lowest BCUT2D eigenvalue weighted by Gasteiger charge is -2.33. The molecule has 1 N–H and O–H groups in total. The van der Waals surface area contributed by atoms with Gasteiger partial charge in [0.15, 0.2) is 0 Å². The molecule has 1 aromatic heterocycles. The van der Waals surface area contributed by atoms with Gasteiger partial charge in [0.2, 0.25) is 0 Å². The molecule has 19 heavy (non-hydrogen) atoms. The molecule has 1 heterocycles. The number of aliphatic carboxylic acids is 1. The Morgan fingerprint density at radius 3 is 2.89 bits per heavy atom. The monoisotopic (exact) mass is 265 g/mol. The number of carboxylic acids is 1. The van der Waals surface area contributed by atoms with Gasteiger partial charge in [-0.3, -0.25) is 9.48 Å². The van der Waals surface area contributed by atoms with Gasteiger partial charge in [-0.05, 0) is 37.5 Å². The van der Waals surface area contributed by atoms with E-state index in [9.17, 15) is 9.90 Å². The van der Waals surface area contributed by atoms with E-state index in [-0.39, 0.29) is 11.8 Å². The predicted molar refractivity (Wildman–Crippen MR) is 71.6 cm³/mol. The van der Waals surface area contributed by atoms with Crippen molar-refractivity contribution >= 4 is 5.97 Å². The fourth-order valence-corrected chi connectivity index (χ4v) is 3.34. The smallest absolute Gasteiger partial charge is 0.306 e. The summed E-state index contributed by atoms with van der Waals surface area (Å²) in [7, 11) is 1.84. The number of rotatable bonds is 5. The molecule has 1 aliphatic carbocycles. The van der Waals surface area contributed by atoms with Gasteiger partial charge in [-0.15, -0.1) is 5.10 Å². The maximum atomic E-state index is 11.4. The van der Waals surface area contributed by atoms with Crippen molar-refractivity contribution in [2.75, 3.05) is 0 Å². The molecule has 1 fully saturated rings. The van der Waals surface area contributed by atoms with Crippen molar-refractivity contribution in [3.05, 3.63) is 11.9 Å². The summed E-state index contributed by atoms with van der Waals surface area (Å²) < 4.78 is 1.68. The van der Waals surface area contributed by atoms with E-state index in [2.05, 4.69) is 17.2 Å². The summed E-state index contributed by atoms with van der Waals surface area (Å²) in [5.74, 6) is 0.0284. The van der Waals surface area contributed by atoms with Crippen LogP contribution in [0.15, 0.2) is 6.20 Å². The second-order valence-electron chi connectivity index (χ2n) is 5.76. The fourth-order valence-electron chi connectivity index (χ4n) is 3.34. The largest absolute Gasteiger partial charge is 0.481 e. The molecule has 0 bridgehead atoms. The molecule has 0 aromatic carbocycles. The molecular formula is C14H23N3O2. The van der Waals surface area contributed by atoms with Crippen LogP contribution in [0.4, 0.5) is 0 Å². The molecule has 1 saturated carbocycles. The maximum absolute atomic E-state index is 11.4. The van der Waals surface area contributed by atoms with Gasteiger partial charge in [-0.2, -0.15) is 0 Å². The number of hydrogen-bond acceptors (Lipinski definition) is 3. The Kier molecular flexibility index (Phi) is 4.56. The number of hydrogen-bond donors (Lipinski definition) is 1. The first kappa shape index (κ1) is 14.0. The van der Waals surface area contributed by atoms with Crippen LogP contribution in [0.2, 0.25) is 0 Å². The first-order valence-corrected chi connectivity index (χ1v) is 7.18. The van der Waals surface area contributed by atoms with Crippen LogP contribution in [-0.4, -0.2) is 26.1 Å². The quantitative estimate of drug-likeness (QED) is 0.886. The molecule has 0 radical (unpaired) electrons. The third kappa shape index (κ3) is 3.55. The van der Waals surface area contributed by atoms with Gasteiger partial charge in [-0.1, -0.05) is 25.0 Å². The van der Waals surface area contributed by atoms with Crippen LogP contribution in [-0.2, 0) is 18.3 Å². The highest BCUT2D eigenvalue weighted by Gasteiger charge is 2.35. The second kappa shape index (κ2) is 6.17. The van der Waals surface area contributed by atoms with Crippen LogP contribution in [0.25, 0.3) is 0 Å². The summed E-state index contributed by atoms with van der Waals surface area (Å²) in [6, 6.07) is 0. The predicted octanol–water partition coefficient (Wildman–Crippen LogP) is 2.27. The molecule has 5 heteroatoms. The van der Waals surface area contributed by atoms with E-state index in [1.54, 1.807) is 4.68 Å². The molecule has 0 saturated heterocycles. The third-order valence-corrected chi connectivity index (χ3v) is 4.23. The van der Waals surface area contributed by atoms with Crippen LogP contribution in [0.3, 0.4) is 0 Å². The van der Waals surface area contributed by atoms with E-state index in [1.165, 1.54) is 12.8 Å². The average Bonchev–Trinajstić information content (AvgIpc) is 2.75. The van der Waals surface area contributed by atoms with Gasteiger partial charge in [0.25, 0.3) is 0 Å². The van der Waals surface area contributed by atoms with Crippen molar-refractivity contribution in [2.24, 2.45) is 24.8 Å². The van der Waals surface area contributed by atoms with Gasteiger partial charge >= 0.3 is 5.97 Å². The minimum absolute atomic E-state index is 0.208. The highest BCUT2D eigenvalue weighted by Crippen LogP contribution is 2.37. The lowest BCUT2D eigenvalue weighted by molar-refractivity contribution is -0.145. The summed E-state index contributed by atoms with van der Waals surface area (Å²) in [5, 5.41) is 17.4. The van der Waals surface area contributed by atoms with Gasteiger partial charge in [0.1, 0.15) is 0 Å². The zero-order valence-electron chi connectivity index (χ0n) is 11.7. The second-order valence-corrected chi connectivity index (χ2v) is 5.76. The zero-order chi connectivity index (χ0) is 13.8. The highest BCUT2D eigenvalue weighted by atomic mass is 16.4. The van der Waals surface area contributed by atoms with E-state index in [4.69, 9.17) is 0 Å². The summed E-state index contributed by atoms with van der Waals surface area (Å²) in [4.78, 5) is 11.4. The number of carboxylic acid groups (broad SMARTS) is 1. The van der Waals surface area contributed by atoms with Crippen molar-refractivity contribution in [1.82, 2.24) is 15.0 Å². The summed E-state index contributed by atoms with van der Waals surface area (Å²) >= 11 is 0. The van der Waals surface area contributed by atoms with Crippen LogP contribution in [0.1, 0.15) is 44.7 Å². The van der Waals surface area contributed by atoms with Crippen molar-refractivity contribution in [1.29, 1.82) is 0 Å². The molecule has 0 amide bonds. The zero-order valence-corrected chi connectivity index (χ0v) is 11.7. The molecule has 5 nitrogen and oxygen atoms in total. The fraction of sp³-hybridized carbons (Fsp3) is 0.786. The van der Waals surface area contributed by atoms with E-state index < -0.39 is 5.97 Å². The summed E-state index contributed by atoms with van der Waals surface area (Å²) in [5.41, 5.74) is 0.913. The Morgan fingerprint density at radius 1 is 1.53 bits per heavy atom. The number of aromatic nitrogens is 3. The SMILES string of the molecule is CCCC1CCC(C(=O)O)C(Cc2cn(C)nn2)C1. The molecule has 0 aliphatic heterocycles. The Morgan fingerprint density at radius 2 is 2.32 bits per heavy atom. The Labute approximate surface area is 114 Å². The molecule has 106 valence electrons. The van der Waals surface area contributed by atoms with Gasteiger partial charge in [-0.25, -0.2) is 0 Å². The highest BCUT2D eigenvalue weighted by molar-refractivity contribution is 5.70. The Balaban J connectivity index is 2.04. The first-order chi connectivity index (χ1) is 9.10. The maximum Gasteiger partial charge on any atom is 0.306 e. The summed E-state index contributed by atoms with van der Waals surface area (Å²) in [6.45, 7) is 2.20.